The zero-order chi connectivity index (χ0) is 24.3. The van der Waals surface area contributed by atoms with E-state index < -0.39 is 6.98 Å². The van der Waals surface area contributed by atoms with Crippen LogP contribution in [0.15, 0.2) is 89.1 Å². The minimum atomic E-state index is -1.26. The van der Waals surface area contributed by atoms with Crippen molar-refractivity contribution < 1.29 is 0 Å². The maximum Gasteiger partial charge on any atom is 0.548 e. The smallest absolute Gasteiger partial charge is 0.252 e. The molecule has 34 heavy (non-hydrogen) atoms. The molecular weight excluding hydrogens is 467 g/mol. The average Bonchev–Trinajstić information content (AvgIpc) is 2.89. The van der Waals surface area contributed by atoms with Crippen LogP contribution in [0, 0.1) is 9.81 Å². The Morgan fingerprint density at radius 1 is 0.941 bits per heavy atom. The van der Waals surface area contributed by atoms with Crippen LogP contribution < -0.4 is 10.2 Å². The molecule has 4 rings (SSSR count). The molecular formula is C25H24BClN4O2S. The summed E-state index contributed by atoms with van der Waals surface area (Å²) in [6.07, 6.45) is 4.46. The first-order valence-electron chi connectivity index (χ1n) is 10.8. The summed E-state index contributed by atoms with van der Waals surface area (Å²) in [7, 11) is 5.66. The highest BCUT2D eigenvalue weighted by molar-refractivity contribution is 8.19. The van der Waals surface area contributed by atoms with E-state index in [2.05, 4.69) is 27.0 Å². The Bertz CT molecular complexity index is 1310. The van der Waals surface area contributed by atoms with Crippen molar-refractivity contribution in [2.45, 2.75) is 26.8 Å². The lowest BCUT2D eigenvalue weighted by Crippen LogP contribution is -2.29. The molecule has 0 aliphatic rings. The maximum absolute atomic E-state index is 11.1. The third-order valence-electron chi connectivity index (χ3n) is 5.40. The Morgan fingerprint density at radius 3 is 2.29 bits per heavy atom. The number of halogens is 1. The van der Waals surface area contributed by atoms with Crippen molar-refractivity contribution >= 4 is 56.0 Å². The largest absolute Gasteiger partial charge is 0.548 e. The van der Waals surface area contributed by atoms with Gasteiger partial charge in [-0.3, -0.25) is 4.98 Å². The van der Waals surface area contributed by atoms with Gasteiger partial charge in [0.15, 0.2) is 0 Å². The van der Waals surface area contributed by atoms with E-state index in [1.165, 1.54) is 0 Å². The first-order valence-corrected chi connectivity index (χ1v) is 12.4. The van der Waals surface area contributed by atoms with Crippen LogP contribution in [-0.2, 0) is 13.0 Å². The highest BCUT2D eigenvalue weighted by atomic mass is 35.7. The van der Waals surface area contributed by atoms with Crippen LogP contribution in [0.1, 0.15) is 30.7 Å². The van der Waals surface area contributed by atoms with E-state index in [9.17, 15) is 9.81 Å². The molecule has 1 heterocycles. The molecule has 0 atom stereocenters. The number of benzene rings is 3. The summed E-state index contributed by atoms with van der Waals surface area (Å²) in [4.78, 5) is 27.0. The minimum Gasteiger partial charge on any atom is -0.252 e. The maximum atomic E-state index is 11.1. The van der Waals surface area contributed by atoms with E-state index in [-0.39, 0.29) is 0 Å². The summed E-state index contributed by atoms with van der Waals surface area (Å²) < 4.78 is 3.04. The van der Waals surface area contributed by atoms with Crippen molar-refractivity contribution in [3.63, 3.8) is 0 Å². The third-order valence-corrected chi connectivity index (χ3v) is 5.98. The van der Waals surface area contributed by atoms with Crippen molar-refractivity contribution in [1.29, 1.82) is 0 Å². The number of fused-ring (bicyclic) bond motifs is 3. The number of allylic oxidation sites excluding steroid dienone is 2. The van der Waals surface area contributed by atoms with Gasteiger partial charge in [0, 0.05) is 34.9 Å². The van der Waals surface area contributed by atoms with E-state index in [4.69, 9.17) is 15.7 Å². The molecule has 1 N–H and O–H groups in total. The molecule has 0 unspecified atom stereocenters. The SMILES string of the molecule is C/C=C\C.O=NB(N=O)c1ccccc1Cc1nc2ccc(CNSCl)cc2c2ccccc12. The summed E-state index contributed by atoms with van der Waals surface area (Å²) in [6, 6.07) is 21.4. The molecule has 0 bridgehead atoms. The standard InChI is InChI=1S/C21H16BClN4O2S.C4H8/c23-30-24-13-14-9-10-20-18(11-14)16-6-2-3-7-17(16)21(25-20)12-15-5-1-4-8-19(15)22(26-28)27-29;1-3-4-2/h1-11,24H,12-13H2;3-4H,1-2H3/b;4-3-. The number of hydrogen-bond donors (Lipinski definition) is 1. The fourth-order valence-electron chi connectivity index (χ4n) is 3.69. The second-order valence-electron chi connectivity index (χ2n) is 7.48. The van der Waals surface area contributed by atoms with Gasteiger partial charge in [0.1, 0.15) is 0 Å². The number of hydrogen-bond acceptors (Lipinski definition) is 7. The van der Waals surface area contributed by atoms with Gasteiger partial charge in [-0.05, 0) is 58.6 Å². The van der Waals surface area contributed by atoms with Gasteiger partial charge in [-0.1, -0.05) is 76.9 Å². The van der Waals surface area contributed by atoms with Gasteiger partial charge in [-0.15, -0.1) is 0 Å². The molecule has 3 aromatic carbocycles. The van der Waals surface area contributed by atoms with E-state index >= 15 is 0 Å². The molecule has 1 aromatic heterocycles. The van der Waals surface area contributed by atoms with Gasteiger partial charge in [0.25, 0.3) is 0 Å². The van der Waals surface area contributed by atoms with Crippen LogP contribution in [0.4, 0.5) is 0 Å². The minimum absolute atomic E-state index is 0.459. The van der Waals surface area contributed by atoms with E-state index in [1.54, 1.807) is 12.1 Å². The first kappa shape index (κ1) is 25.6. The molecule has 0 amide bonds. The molecule has 0 aliphatic carbocycles. The van der Waals surface area contributed by atoms with Gasteiger partial charge in [-0.25, -0.2) is 4.72 Å². The summed E-state index contributed by atoms with van der Waals surface area (Å²) in [5, 5.41) is 8.89. The third kappa shape index (κ3) is 6.08. The predicted octanol–water partition coefficient (Wildman–Crippen LogP) is 6.68. The molecule has 0 spiro atoms. The van der Waals surface area contributed by atoms with Crippen LogP contribution in [0.3, 0.4) is 0 Å². The summed E-state index contributed by atoms with van der Waals surface area (Å²) in [5.74, 6) is 0. The van der Waals surface area contributed by atoms with Gasteiger partial charge < -0.3 is 0 Å². The zero-order valence-corrected chi connectivity index (χ0v) is 20.5. The van der Waals surface area contributed by atoms with Gasteiger partial charge in [0.2, 0.25) is 0 Å². The van der Waals surface area contributed by atoms with Crippen LogP contribution in [0.25, 0.3) is 21.7 Å². The fraction of sp³-hybridized carbons (Fsp3) is 0.160. The summed E-state index contributed by atoms with van der Waals surface area (Å²) in [5.41, 5.74) is 4.16. The number of rotatable bonds is 8. The molecule has 9 heteroatoms. The van der Waals surface area contributed by atoms with Gasteiger partial charge >= 0.3 is 6.98 Å². The Morgan fingerprint density at radius 2 is 1.62 bits per heavy atom. The monoisotopic (exact) mass is 490 g/mol. The second kappa shape index (κ2) is 13.0. The lowest BCUT2D eigenvalue weighted by atomic mass is 9.68. The van der Waals surface area contributed by atoms with Crippen molar-refractivity contribution in [2.24, 2.45) is 10.2 Å². The van der Waals surface area contributed by atoms with E-state index in [0.717, 1.165) is 49.7 Å². The second-order valence-corrected chi connectivity index (χ2v) is 8.39. The van der Waals surface area contributed by atoms with Crippen LogP contribution >= 0.6 is 21.8 Å². The first-order chi connectivity index (χ1) is 16.7. The quantitative estimate of drug-likeness (QED) is 0.0979. The van der Waals surface area contributed by atoms with Gasteiger partial charge in [-0.2, -0.15) is 9.81 Å². The fourth-order valence-corrected chi connectivity index (χ4v) is 4.07. The Labute approximate surface area is 207 Å². The van der Waals surface area contributed by atoms with Crippen LogP contribution in [0.5, 0.6) is 0 Å². The van der Waals surface area contributed by atoms with Crippen molar-refractivity contribution in [3.8, 4) is 0 Å². The molecule has 0 saturated carbocycles. The highest BCUT2D eigenvalue weighted by Gasteiger charge is 2.24. The molecule has 6 nitrogen and oxygen atoms in total. The van der Waals surface area contributed by atoms with Crippen LogP contribution in [0.2, 0.25) is 0 Å². The van der Waals surface area contributed by atoms with E-state index in [1.807, 2.05) is 68.5 Å². The van der Waals surface area contributed by atoms with Crippen molar-refractivity contribution in [1.82, 2.24) is 9.71 Å². The predicted molar refractivity (Wildman–Crippen MR) is 146 cm³/mol. The molecule has 0 fully saturated rings. The Balaban J connectivity index is 0.000000751. The summed E-state index contributed by atoms with van der Waals surface area (Å²) >= 11 is 1.06. The molecule has 0 aliphatic heterocycles. The lowest BCUT2D eigenvalue weighted by Gasteiger charge is -2.13. The number of aromatic nitrogens is 1. The number of nitroso groups, excluding NO2 is 2. The average molecular weight is 491 g/mol. The molecule has 0 saturated heterocycles. The lowest BCUT2D eigenvalue weighted by molar-refractivity contribution is 0.986. The summed E-state index contributed by atoms with van der Waals surface area (Å²) in [6.45, 7) is 3.38. The van der Waals surface area contributed by atoms with Gasteiger partial charge in [0.05, 0.1) is 11.2 Å². The molecule has 172 valence electrons. The number of pyridine rings is 1. The Hall–Kier alpha value is -3.07. The molecule has 0 radical (unpaired) electrons. The van der Waals surface area contributed by atoms with Crippen molar-refractivity contribution in [3.05, 3.63) is 106 Å². The Kier molecular flexibility index (Phi) is 9.76. The number of nitrogens with one attached hydrogen (secondary N) is 1. The zero-order valence-electron chi connectivity index (χ0n) is 18.9. The van der Waals surface area contributed by atoms with E-state index in [0.29, 0.717) is 18.4 Å². The highest BCUT2D eigenvalue weighted by Crippen LogP contribution is 2.28. The molecule has 4 aromatic rings. The normalized spacial score (nSPS) is 10.8. The topological polar surface area (TPSA) is 83.8 Å². The number of nitrogens with zero attached hydrogens (tertiary/aromatic N) is 3. The van der Waals surface area contributed by atoms with Crippen molar-refractivity contribution in [2.75, 3.05) is 0 Å². The van der Waals surface area contributed by atoms with Crippen LogP contribution in [-0.4, -0.2) is 12.0 Å².